The molecule has 2 heterocycles. The molecule has 0 unspecified atom stereocenters. The van der Waals surface area contributed by atoms with Crippen LogP contribution in [0.2, 0.25) is 0 Å². The quantitative estimate of drug-likeness (QED) is 0.442. The van der Waals surface area contributed by atoms with Gasteiger partial charge < -0.3 is 4.52 Å². The maximum Gasteiger partial charge on any atom is 0.416 e. The lowest BCUT2D eigenvalue weighted by Crippen LogP contribution is -2.04. The van der Waals surface area contributed by atoms with Crippen molar-refractivity contribution in [1.82, 2.24) is 15.1 Å². The molecule has 0 aliphatic rings. The largest absolute Gasteiger partial charge is 0.416 e. The molecular weight excluding hydrogens is 375 g/mol. The van der Waals surface area contributed by atoms with Crippen molar-refractivity contribution in [2.45, 2.75) is 13.1 Å². The van der Waals surface area contributed by atoms with E-state index in [1.54, 1.807) is 0 Å². The average Bonchev–Trinajstić information content (AvgIpc) is 3.28. The van der Waals surface area contributed by atoms with Gasteiger partial charge in [0.05, 0.1) is 11.3 Å². The first-order chi connectivity index (χ1) is 12.9. The Morgan fingerprint density at radius 2 is 1.59 bits per heavy atom. The highest BCUT2D eigenvalue weighted by molar-refractivity contribution is 7.18. The van der Waals surface area contributed by atoms with Crippen molar-refractivity contribution in [1.29, 1.82) is 0 Å². The van der Waals surface area contributed by atoms with E-state index >= 15 is 0 Å². The van der Waals surface area contributed by atoms with Gasteiger partial charge in [-0.1, -0.05) is 47.6 Å². The summed E-state index contributed by atoms with van der Waals surface area (Å²) in [7, 11) is 0. The molecule has 0 atom stereocenters. The predicted octanol–water partition coefficient (Wildman–Crippen LogP) is 5.85. The van der Waals surface area contributed by atoms with Crippen LogP contribution >= 0.6 is 11.3 Å². The van der Waals surface area contributed by atoms with E-state index in [4.69, 9.17) is 4.52 Å². The molecule has 4 nitrogen and oxygen atoms in total. The topological polar surface area (TPSA) is 51.8 Å². The van der Waals surface area contributed by atoms with Gasteiger partial charge in [0.25, 0.3) is 5.89 Å². The lowest BCUT2D eigenvalue weighted by atomic mass is 10.1. The highest BCUT2D eigenvalue weighted by atomic mass is 32.1. The molecule has 0 fully saturated rings. The van der Waals surface area contributed by atoms with E-state index in [0.29, 0.717) is 11.5 Å². The van der Waals surface area contributed by atoms with Gasteiger partial charge in [-0.25, -0.2) is 4.98 Å². The Bertz CT molecular complexity index is 1070. The number of hydrogen-bond acceptors (Lipinski definition) is 5. The summed E-state index contributed by atoms with van der Waals surface area (Å²) in [5, 5.41) is 4.72. The van der Waals surface area contributed by atoms with Gasteiger partial charge in [-0.05, 0) is 19.1 Å². The molecule has 8 heteroatoms. The second-order valence-electron chi connectivity index (χ2n) is 5.80. The summed E-state index contributed by atoms with van der Waals surface area (Å²) < 4.78 is 43.4. The fraction of sp³-hybridized carbons (Fsp3) is 0.105. The highest BCUT2D eigenvalue weighted by Gasteiger charge is 2.30. The van der Waals surface area contributed by atoms with Gasteiger partial charge in [-0.15, -0.1) is 11.3 Å². The number of thiazole rings is 1. The Balaban J connectivity index is 1.64. The SMILES string of the molecule is Cc1nc(-c2ccccc2)sc1-c1nc(-c2ccc(C(F)(F)F)cc2)no1. The van der Waals surface area contributed by atoms with Gasteiger partial charge in [0.1, 0.15) is 9.88 Å². The summed E-state index contributed by atoms with van der Waals surface area (Å²) >= 11 is 1.42. The number of hydrogen-bond donors (Lipinski definition) is 0. The van der Waals surface area contributed by atoms with Crippen molar-refractivity contribution in [3.8, 4) is 32.7 Å². The molecule has 4 rings (SSSR count). The van der Waals surface area contributed by atoms with E-state index in [2.05, 4.69) is 15.1 Å². The first kappa shape index (κ1) is 17.4. The number of aryl methyl sites for hydroxylation is 1. The molecule has 27 heavy (non-hydrogen) atoms. The fourth-order valence-corrected chi connectivity index (χ4v) is 3.53. The van der Waals surface area contributed by atoms with Crippen molar-refractivity contribution < 1.29 is 17.7 Å². The predicted molar refractivity (Wildman–Crippen MR) is 96.0 cm³/mol. The van der Waals surface area contributed by atoms with Crippen LogP contribution < -0.4 is 0 Å². The minimum absolute atomic E-state index is 0.229. The van der Waals surface area contributed by atoms with Crippen LogP contribution in [0.15, 0.2) is 59.1 Å². The standard InChI is InChI=1S/C19H12F3N3OS/c1-11-15(27-18(23-11)13-5-3-2-4-6-13)17-24-16(25-26-17)12-7-9-14(10-8-12)19(20,21)22/h2-10H,1H3. The number of rotatable bonds is 3. The Hall–Kier alpha value is -3.00. The van der Waals surface area contributed by atoms with Gasteiger partial charge >= 0.3 is 6.18 Å². The van der Waals surface area contributed by atoms with Crippen LogP contribution in [0.1, 0.15) is 11.3 Å². The van der Waals surface area contributed by atoms with Gasteiger partial charge in [-0.3, -0.25) is 0 Å². The molecule has 0 bridgehead atoms. The Kier molecular flexibility index (Phi) is 4.27. The van der Waals surface area contributed by atoms with E-state index in [-0.39, 0.29) is 5.82 Å². The molecule has 2 aromatic heterocycles. The summed E-state index contributed by atoms with van der Waals surface area (Å²) in [6, 6.07) is 14.4. The lowest BCUT2D eigenvalue weighted by molar-refractivity contribution is -0.137. The molecule has 2 aromatic carbocycles. The van der Waals surface area contributed by atoms with Crippen molar-refractivity contribution in [3.63, 3.8) is 0 Å². The highest BCUT2D eigenvalue weighted by Crippen LogP contribution is 2.35. The molecule has 4 aromatic rings. The van der Waals surface area contributed by atoms with Crippen molar-refractivity contribution in [2.24, 2.45) is 0 Å². The first-order valence-corrected chi connectivity index (χ1v) is 8.78. The summed E-state index contributed by atoms with van der Waals surface area (Å²) in [5.41, 5.74) is 1.46. The van der Waals surface area contributed by atoms with E-state index < -0.39 is 11.7 Å². The normalized spacial score (nSPS) is 11.7. The van der Waals surface area contributed by atoms with Crippen LogP contribution in [0.4, 0.5) is 13.2 Å². The number of benzene rings is 2. The van der Waals surface area contributed by atoms with Crippen molar-refractivity contribution in [3.05, 3.63) is 65.9 Å². The molecule has 0 aliphatic carbocycles. The third kappa shape index (κ3) is 3.48. The van der Waals surface area contributed by atoms with Gasteiger partial charge in [0.2, 0.25) is 5.82 Å². The minimum atomic E-state index is -4.38. The molecule has 136 valence electrons. The molecule has 0 saturated carbocycles. The third-order valence-corrected chi connectivity index (χ3v) is 5.10. The summed E-state index contributed by atoms with van der Waals surface area (Å²) in [4.78, 5) is 9.60. The van der Waals surface area contributed by atoms with Crippen LogP contribution in [-0.2, 0) is 6.18 Å². The number of alkyl halides is 3. The van der Waals surface area contributed by atoms with E-state index in [9.17, 15) is 13.2 Å². The zero-order valence-electron chi connectivity index (χ0n) is 14.0. The Morgan fingerprint density at radius 1 is 0.889 bits per heavy atom. The monoisotopic (exact) mass is 387 g/mol. The smallest absolute Gasteiger partial charge is 0.333 e. The lowest BCUT2D eigenvalue weighted by Gasteiger charge is -2.05. The van der Waals surface area contributed by atoms with Crippen LogP contribution in [-0.4, -0.2) is 15.1 Å². The number of aromatic nitrogens is 3. The average molecular weight is 387 g/mol. The fourth-order valence-electron chi connectivity index (χ4n) is 2.54. The number of halogens is 3. The van der Waals surface area contributed by atoms with Crippen molar-refractivity contribution in [2.75, 3.05) is 0 Å². The second kappa shape index (κ2) is 6.62. The van der Waals surface area contributed by atoms with Gasteiger partial charge in [-0.2, -0.15) is 18.2 Å². The molecule has 0 N–H and O–H groups in total. The minimum Gasteiger partial charge on any atom is -0.333 e. The summed E-state index contributed by atoms with van der Waals surface area (Å²) in [6.07, 6.45) is -4.38. The second-order valence-corrected chi connectivity index (χ2v) is 6.80. The molecule has 0 saturated heterocycles. The zero-order valence-corrected chi connectivity index (χ0v) is 14.8. The molecular formula is C19H12F3N3OS. The van der Waals surface area contributed by atoms with Crippen LogP contribution in [0.25, 0.3) is 32.7 Å². The first-order valence-electron chi connectivity index (χ1n) is 7.96. The maximum absolute atomic E-state index is 12.7. The van der Waals surface area contributed by atoms with Crippen LogP contribution in [0, 0.1) is 6.92 Å². The Labute approximate surface area is 156 Å². The molecule has 0 amide bonds. The zero-order chi connectivity index (χ0) is 19.0. The van der Waals surface area contributed by atoms with Gasteiger partial charge in [0.15, 0.2) is 0 Å². The molecule has 0 spiro atoms. The third-order valence-electron chi connectivity index (χ3n) is 3.91. The van der Waals surface area contributed by atoms with E-state index in [0.717, 1.165) is 33.3 Å². The van der Waals surface area contributed by atoms with E-state index in [1.165, 1.54) is 23.5 Å². The molecule has 0 aliphatic heterocycles. The van der Waals surface area contributed by atoms with Crippen molar-refractivity contribution >= 4 is 11.3 Å². The number of nitrogens with zero attached hydrogens (tertiary/aromatic N) is 3. The maximum atomic E-state index is 12.7. The summed E-state index contributed by atoms with van der Waals surface area (Å²) in [6.45, 7) is 1.85. The van der Waals surface area contributed by atoms with Crippen LogP contribution in [0.5, 0.6) is 0 Å². The summed E-state index contributed by atoms with van der Waals surface area (Å²) in [5.74, 6) is 0.523. The molecule has 0 radical (unpaired) electrons. The van der Waals surface area contributed by atoms with Crippen LogP contribution in [0.3, 0.4) is 0 Å². The van der Waals surface area contributed by atoms with Gasteiger partial charge in [0, 0.05) is 11.1 Å². The van der Waals surface area contributed by atoms with E-state index in [1.807, 2.05) is 37.3 Å². The Morgan fingerprint density at radius 3 is 2.26 bits per heavy atom.